The van der Waals surface area contributed by atoms with E-state index in [0.717, 1.165) is 16.3 Å². The van der Waals surface area contributed by atoms with E-state index >= 15 is 0 Å². The van der Waals surface area contributed by atoms with Gasteiger partial charge in [-0.05, 0) is 18.6 Å². The Labute approximate surface area is 149 Å². The van der Waals surface area contributed by atoms with Gasteiger partial charge in [-0.2, -0.15) is 0 Å². The molecule has 0 amide bonds. The first-order valence-corrected chi connectivity index (χ1v) is 8.29. The summed E-state index contributed by atoms with van der Waals surface area (Å²) in [6, 6.07) is 18.4. The first-order chi connectivity index (χ1) is 12.6. The molecule has 1 aromatic heterocycles. The van der Waals surface area contributed by atoms with Crippen LogP contribution in [0.5, 0.6) is 5.75 Å². The molecule has 0 atom stereocenters. The molecule has 0 N–H and O–H groups in total. The predicted molar refractivity (Wildman–Crippen MR) is 101 cm³/mol. The SMILES string of the molecule is CC(=O)Oc1cc2c(=O)c(-c3ccccc3)c(C)oc2c2ccccc12. The molecular weight excluding hydrogens is 328 g/mol. The maximum Gasteiger partial charge on any atom is 0.308 e. The van der Waals surface area contributed by atoms with E-state index in [1.165, 1.54) is 6.92 Å². The van der Waals surface area contributed by atoms with E-state index in [1.807, 2.05) is 54.6 Å². The van der Waals surface area contributed by atoms with Crippen LogP contribution < -0.4 is 10.2 Å². The molecule has 1 heterocycles. The van der Waals surface area contributed by atoms with Crippen molar-refractivity contribution >= 4 is 27.7 Å². The second kappa shape index (κ2) is 6.15. The van der Waals surface area contributed by atoms with E-state index in [2.05, 4.69) is 0 Å². The average molecular weight is 344 g/mol. The van der Waals surface area contributed by atoms with Gasteiger partial charge in [-0.3, -0.25) is 9.59 Å². The van der Waals surface area contributed by atoms with Gasteiger partial charge in [-0.15, -0.1) is 0 Å². The van der Waals surface area contributed by atoms with E-state index in [0.29, 0.717) is 28.0 Å². The standard InChI is InChI=1S/C22H16O4/c1-13-20(15-8-4-3-5-9-15)21(24)18-12-19(26-14(2)23)16-10-6-7-11-17(16)22(18)25-13/h3-12H,1-2H3. The highest BCUT2D eigenvalue weighted by atomic mass is 16.5. The maximum absolute atomic E-state index is 13.2. The first kappa shape index (κ1) is 16.1. The summed E-state index contributed by atoms with van der Waals surface area (Å²) in [6.07, 6.45) is 0. The van der Waals surface area contributed by atoms with E-state index in [4.69, 9.17) is 9.15 Å². The Kier molecular flexibility index (Phi) is 3.81. The molecule has 26 heavy (non-hydrogen) atoms. The van der Waals surface area contributed by atoms with Crippen LogP contribution >= 0.6 is 0 Å². The molecule has 4 nitrogen and oxygen atoms in total. The third-order valence-electron chi connectivity index (χ3n) is 4.35. The smallest absolute Gasteiger partial charge is 0.308 e. The van der Waals surface area contributed by atoms with Gasteiger partial charge in [0.25, 0.3) is 0 Å². The largest absolute Gasteiger partial charge is 0.460 e. The quantitative estimate of drug-likeness (QED) is 0.296. The van der Waals surface area contributed by atoms with Gasteiger partial charge in [0.15, 0.2) is 0 Å². The topological polar surface area (TPSA) is 56.5 Å². The minimum Gasteiger partial charge on any atom is -0.460 e. The van der Waals surface area contributed by atoms with Gasteiger partial charge >= 0.3 is 5.97 Å². The summed E-state index contributed by atoms with van der Waals surface area (Å²) in [5, 5.41) is 1.86. The molecule has 0 saturated heterocycles. The monoisotopic (exact) mass is 344 g/mol. The van der Waals surface area contributed by atoms with Gasteiger partial charge < -0.3 is 9.15 Å². The Morgan fingerprint density at radius 2 is 1.58 bits per heavy atom. The lowest BCUT2D eigenvalue weighted by Crippen LogP contribution is -2.09. The van der Waals surface area contributed by atoms with Crippen molar-refractivity contribution in [3.05, 3.63) is 76.6 Å². The van der Waals surface area contributed by atoms with Crippen LogP contribution in [0.3, 0.4) is 0 Å². The van der Waals surface area contributed by atoms with Crippen LogP contribution in [0.25, 0.3) is 32.9 Å². The lowest BCUT2D eigenvalue weighted by atomic mass is 10.00. The molecule has 0 fully saturated rings. The molecule has 0 aliphatic carbocycles. The molecule has 0 unspecified atom stereocenters. The fourth-order valence-corrected chi connectivity index (χ4v) is 3.27. The number of aryl methyl sites for hydroxylation is 1. The van der Waals surface area contributed by atoms with Gasteiger partial charge in [0.05, 0.1) is 10.9 Å². The summed E-state index contributed by atoms with van der Waals surface area (Å²) < 4.78 is 11.4. The number of esters is 1. The normalized spacial score (nSPS) is 11.0. The van der Waals surface area contributed by atoms with E-state index in [-0.39, 0.29) is 5.43 Å². The molecule has 0 bridgehead atoms. The van der Waals surface area contributed by atoms with Crippen molar-refractivity contribution in [2.75, 3.05) is 0 Å². The zero-order chi connectivity index (χ0) is 18.3. The fourth-order valence-electron chi connectivity index (χ4n) is 3.27. The summed E-state index contributed by atoms with van der Waals surface area (Å²) in [6.45, 7) is 3.13. The molecule has 4 heteroatoms. The molecule has 0 aliphatic heterocycles. The molecule has 128 valence electrons. The van der Waals surface area contributed by atoms with Crippen LogP contribution in [0.2, 0.25) is 0 Å². The van der Waals surface area contributed by atoms with Crippen molar-refractivity contribution < 1.29 is 13.9 Å². The van der Waals surface area contributed by atoms with Gasteiger partial charge in [-0.1, -0.05) is 54.6 Å². The predicted octanol–water partition coefficient (Wildman–Crippen LogP) is 4.85. The number of rotatable bonds is 2. The van der Waals surface area contributed by atoms with Crippen molar-refractivity contribution in [3.8, 4) is 16.9 Å². The number of benzene rings is 3. The summed E-state index contributed by atoms with van der Waals surface area (Å²) in [4.78, 5) is 24.7. The number of carbonyl (C=O) groups is 1. The lowest BCUT2D eigenvalue weighted by Gasteiger charge is -2.12. The fraction of sp³-hybridized carbons (Fsp3) is 0.0909. The summed E-state index contributed by atoms with van der Waals surface area (Å²) in [5.41, 5.74) is 1.66. The summed E-state index contributed by atoms with van der Waals surface area (Å²) >= 11 is 0. The van der Waals surface area contributed by atoms with Crippen molar-refractivity contribution in [3.63, 3.8) is 0 Å². The Bertz CT molecular complexity index is 1200. The second-order valence-electron chi connectivity index (χ2n) is 6.12. The Balaban J connectivity index is 2.14. The van der Waals surface area contributed by atoms with E-state index in [1.54, 1.807) is 13.0 Å². The minimum absolute atomic E-state index is 0.144. The van der Waals surface area contributed by atoms with Crippen LogP contribution in [0.4, 0.5) is 0 Å². The van der Waals surface area contributed by atoms with Crippen molar-refractivity contribution in [1.82, 2.24) is 0 Å². The number of carbonyl (C=O) groups excluding carboxylic acids is 1. The van der Waals surface area contributed by atoms with Crippen LogP contribution in [-0.4, -0.2) is 5.97 Å². The molecule has 4 rings (SSSR count). The van der Waals surface area contributed by atoms with Crippen LogP contribution in [0.15, 0.2) is 69.9 Å². The van der Waals surface area contributed by atoms with Gasteiger partial charge in [-0.25, -0.2) is 0 Å². The Morgan fingerprint density at radius 1 is 0.923 bits per heavy atom. The highest BCUT2D eigenvalue weighted by Crippen LogP contribution is 2.34. The second-order valence-corrected chi connectivity index (χ2v) is 6.12. The molecule has 0 saturated carbocycles. The van der Waals surface area contributed by atoms with E-state index in [9.17, 15) is 9.59 Å². The third kappa shape index (κ3) is 2.56. The molecule has 0 aliphatic rings. The number of fused-ring (bicyclic) bond motifs is 3. The Hall–Kier alpha value is -3.40. The van der Waals surface area contributed by atoms with E-state index < -0.39 is 5.97 Å². The van der Waals surface area contributed by atoms with Crippen molar-refractivity contribution in [1.29, 1.82) is 0 Å². The number of hydrogen-bond donors (Lipinski definition) is 0. The molecule has 4 aromatic rings. The molecule has 0 spiro atoms. The number of ether oxygens (including phenoxy) is 1. The summed E-state index contributed by atoms with van der Waals surface area (Å²) in [5.74, 6) is 0.476. The zero-order valence-corrected chi connectivity index (χ0v) is 14.4. The highest BCUT2D eigenvalue weighted by Gasteiger charge is 2.18. The maximum atomic E-state index is 13.2. The van der Waals surface area contributed by atoms with Gasteiger partial charge in [0.1, 0.15) is 17.1 Å². The molecule has 3 aromatic carbocycles. The van der Waals surface area contributed by atoms with Crippen molar-refractivity contribution in [2.45, 2.75) is 13.8 Å². The average Bonchev–Trinajstić information content (AvgIpc) is 2.63. The van der Waals surface area contributed by atoms with Gasteiger partial charge in [0.2, 0.25) is 5.43 Å². The first-order valence-electron chi connectivity index (χ1n) is 8.29. The third-order valence-corrected chi connectivity index (χ3v) is 4.35. The Morgan fingerprint density at radius 3 is 2.27 bits per heavy atom. The number of hydrogen-bond acceptors (Lipinski definition) is 4. The summed E-state index contributed by atoms with van der Waals surface area (Å²) in [7, 11) is 0. The van der Waals surface area contributed by atoms with Crippen molar-refractivity contribution in [2.24, 2.45) is 0 Å². The molecular formula is C22H16O4. The minimum atomic E-state index is -0.436. The zero-order valence-electron chi connectivity index (χ0n) is 14.4. The van der Waals surface area contributed by atoms with Crippen LogP contribution in [-0.2, 0) is 4.79 Å². The molecule has 0 radical (unpaired) electrons. The van der Waals surface area contributed by atoms with Crippen LogP contribution in [0, 0.1) is 6.92 Å². The highest BCUT2D eigenvalue weighted by molar-refractivity contribution is 6.08. The van der Waals surface area contributed by atoms with Gasteiger partial charge in [0, 0.05) is 17.7 Å². The lowest BCUT2D eigenvalue weighted by molar-refractivity contribution is -0.131. The van der Waals surface area contributed by atoms with Crippen LogP contribution in [0.1, 0.15) is 12.7 Å².